The Bertz CT molecular complexity index is 562. The maximum absolute atomic E-state index is 13.4. The third-order valence-corrected chi connectivity index (χ3v) is 2.33. The van der Waals surface area contributed by atoms with Crippen LogP contribution in [0.15, 0.2) is 42.5 Å². The van der Waals surface area contributed by atoms with E-state index in [9.17, 15) is 8.78 Å². The molecule has 2 aromatic rings. The fourth-order valence-electron chi connectivity index (χ4n) is 1.47. The quantitative estimate of drug-likeness (QED) is 0.618. The predicted molar refractivity (Wildman–Crippen MR) is 66.1 cm³/mol. The first-order valence-corrected chi connectivity index (χ1v) is 5.14. The topological polar surface area (TPSA) is 26.0 Å². The number of hydrogen-bond donors (Lipinski definition) is 1. The van der Waals surface area contributed by atoms with Gasteiger partial charge in [0.1, 0.15) is 11.6 Å². The molecule has 0 saturated heterocycles. The van der Waals surface area contributed by atoms with Crippen LogP contribution in [0.3, 0.4) is 0 Å². The van der Waals surface area contributed by atoms with Gasteiger partial charge in [-0.05, 0) is 35.9 Å². The van der Waals surface area contributed by atoms with Crippen molar-refractivity contribution in [1.29, 1.82) is 0 Å². The van der Waals surface area contributed by atoms with Crippen molar-refractivity contribution < 1.29 is 8.78 Å². The van der Waals surface area contributed by atoms with Crippen LogP contribution < -0.4 is 5.73 Å². The molecule has 0 unspecified atom stereocenters. The summed E-state index contributed by atoms with van der Waals surface area (Å²) in [5.41, 5.74) is 6.92. The maximum Gasteiger partial charge on any atom is 0.132 e. The normalized spacial score (nSPS) is 10.9. The minimum Gasteiger partial charge on any atom is -0.399 e. The second-order valence-corrected chi connectivity index (χ2v) is 3.67. The molecule has 0 aliphatic carbocycles. The van der Waals surface area contributed by atoms with Gasteiger partial charge in [-0.15, -0.1) is 0 Å². The molecule has 0 amide bonds. The smallest absolute Gasteiger partial charge is 0.132 e. The molecular weight excluding hydrogens is 220 g/mol. The Morgan fingerprint density at radius 3 is 2.47 bits per heavy atom. The lowest BCUT2D eigenvalue weighted by Gasteiger charge is -1.98. The zero-order valence-electron chi connectivity index (χ0n) is 9.03. The highest BCUT2D eigenvalue weighted by atomic mass is 19.1. The van der Waals surface area contributed by atoms with Gasteiger partial charge in [0.2, 0.25) is 0 Å². The second kappa shape index (κ2) is 4.78. The second-order valence-electron chi connectivity index (χ2n) is 3.67. The van der Waals surface area contributed by atoms with Crippen LogP contribution in [0, 0.1) is 11.6 Å². The first-order valence-electron chi connectivity index (χ1n) is 5.14. The lowest BCUT2D eigenvalue weighted by molar-refractivity contribution is 0.626. The van der Waals surface area contributed by atoms with Gasteiger partial charge >= 0.3 is 0 Å². The van der Waals surface area contributed by atoms with Gasteiger partial charge in [0, 0.05) is 11.3 Å². The Morgan fingerprint density at radius 1 is 0.941 bits per heavy atom. The minimum atomic E-state index is -0.391. The van der Waals surface area contributed by atoms with E-state index in [0.717, 1.165) is 0 Å². The number of nitrogen functional groups attached to an aromatic ring is 1. The number of anilines is 1. The van der Waals surface area contributed by atoms with Crippen molar-refractivity contribution in [2.45, 2.75) is 0 Å². The van der Waals surface area contributed by atoms with Gasteiger partial charge in [-0.1, -0.05) is 24.3 Å². The van der Waals surface area contributed by atoms with Crippen molar-refractivity contribution in [3.8, 4) is 0 Å². The fourth-order valence-corrected chi connectivity index (χ4v) is 1.47. The SMILES string of the molecule is Nc1ccc(/C=C/c2cccc(F)c2)c(F)c1. The lowest BCUT2D eigenvalue weighted by atomic mass is 10.1. The Hall–Kier alpha value is -2.16. The Morgan fingerprint density at radius 2 is 1.76 bits per heavy atom. The molecule has 0 radical (unpaired) electrons. The zero-order valence-corrected chi connectivity index (χ0v) is 9.03. The van der Waals surface area contributed by atoms with Gasteiger partial charge in [-0.25, -0.2) is 8.78 Å². The third-order valence-electron chi connectivity index (χ3n) is 2.33. The Kier molecular flexibility index (Phi) is 3.19. The van der Waals surface area contributed by atoms with Crippen molar-refractivity contribution in [3.63, 3.8) is 0 Å². The molecule has 0 atom stereocenters. The first-order chi connectivity index (χ1) is 8.15. The zero-order chi connectivity index (χ0) is 12.3. The van der Waals surface area contributed by atoms with Crippen LogP contribution in [0.1, 0.15) is 11.1 Å². The summed E-state index contributed by atoms with van der Waals surface area (Å²) in [7, 11) is 0. The maximum atomic E-state index is 13.4. The molecule has 3 heteroatoms. The van der Waals surface area contributed by atoms with E-state index in [1.807, 2.05) is 0 Å². The summed E-state index contributed by atoms with van der Waals surface area (Å²) in [6.45, 7) is 0. The van der Waals surface area contributed by atoms with Crippen molar-refractivity contribution in [2.24, 2.45) is 0 Å². The average molecular weight is 231 g/mol. The molecule has 2 N–H and O–H groups in total. The third kappa shape index (κ3) is 2.91. The van der Waals surface area contributed by atoms with Crippen LogP contribution in [-0.4, -0.2) is 0 Å². The summed E-state index contributed by atoms with van der Waals surface area (Å²) < 4.78 is 26.3. The molecule has 0 spiro atoms. The summed E-state index contributed by atoms with van der Waals surface area (Å²) in [6, 6.07) is 10.6. The molecule has 0 aliphatic rings. The van der Waals surface area contributed by atoms with Crippen molar-refractivity contribution >= 4 is 17.8 Å². The molecule has 0 fully saturated rings. The number of halogens is 2. The summed E-state index contributed by atoms with van der Waals surface area (Å²) in [5.74, 6) is -0.706. The highest BCUT2D eigenvalue weighted by molar-refractivity contribution is 5.70. The van der Waals surface area contributed by atoms with E-state index < -0.39 is 5.82 Å². The molecule has 0 aliphatic heterocycles. The molecule has 86 valence electrons. The standard InChI is InChI=1S/C14H11F2N/c15-12-3-1-2-10(8-12)4-5-11-6-7-13(17)9-14(11)16/h1-9H,17H2/b5-4+. The first kappa shape index (κ1) is 11.3. The molecule has 17 heavy (non-hydrogen) atoms. The van der Waals surface area contributed by atoms with E-state index in [-0.39, 0.29) is 5.82 Å². The van der Waals surface area contributed by atoms with E-state index >= 15 is 0 Å². The van der Waals surface area contributed by atoms with Crippen LogP contribution in [-0.2, 0) is 0 Å². The van der Waals surface area contributed by atoms with Crippen molar-refractivity contribution in [1.82, 2.24) is 0 Å². The highest BCUT2D eigenvalue weighted by Crippen LogP contribution is 2.15. The van der Waals surface area contributed by atoms with Crippen molar-refractivity contribution in [3.05, 3.63) is 65.2 Å². The van der Waals surface area contributed by atoms with Crippen LogP contribution >= 0.6 is 0 Å². The molecule has 0 bridgehead atoms. The largest absolute Gasteiger partial charge is 0.399 e. The summed E-state index contributed by atoms with van der Waals surface area (Å²) in [4.78, 5) is 0. The van der Waals surface area contributed by atoms with E-state index in [0.29, 0.717) is 16.8 Å². The minimum absolute atomic E-state index is 0.315. The van der Waals surface area contributed by atoms with Gasteiger partial charge in [0.05, 0.1) is 0 Å². The molecule has 0 aromatic heterocycles. The monoisotopic (exact) mass is 231 g/mol. The van der Waals surface area contributed by atoms with Crippen LogP contribution in [0.4, 0.5) is 14.5 Å². The number of hydrogen-bond acceptors (Lipinski definition) is 1. The average Bonchev–Trinajstić information content (AvgIpc) is 2.28. The van der Waals surface area contributed by atoms with Crippen molar-refractivity contribution in [2.75, 3.05) is 5.73 Å². The van der Waals surface area contributed by atoms with E-state index in [1.165, 1.54) is 18.2 Å². The number of rotatable bonds is 2. The van der Waals surface area contributed by atoms with Crippen LogP contribution in [0.2, 0.25) is 0 Å². The molecule has 2 rings (SSSR count). The molecule has 1 nitrogen and oxygen atoms in total. The summed E-state index contributed by atoms with van der Waals surface area (Å²) >= 11 is 0. The number of benzene rings is 2. The Balaban J connectivity index is 2.26. The molecule has 2 aromatic carbocycles. The predicted octanol–water partition coefficient (Wildman–Crippen LogP) is 3.72. The lowest BCUT2D eigenvalue weighted by Crippen LogP contribution is -1.88. The van der Waals surface area contributed by atoms with E-state index in [4.69, 9.17) is 5.73 Å². The van der Waals surface area contributed by atoms with Gasteiger partial charge < -0.3 is 5.73 Å². The molecular formula is C14H11F2N. The van der Waals surface area contributed by atoms with Gasteiger partial charge in [0.15, 0.2) is 0 Å². The molecule has 0 heterocycles. The van der Waals surface area contributed by atoms with Crippen LogP contribution in [0.25, 0.3) is 12.2 Å². The number of nitrogens with two attached hydrogens (primary N) is 1. The summed E-state index contributed by atoms with van der Waals surface area (Å²) in [6.07, 6.45) is 3.24. The van der Waals surface area contributed by atoms with Crippen LogP contribution in [0.5, 0.6) is 0 Å². The van der Waals surface area contributed by atoms with E-state index in [2.05, 4.69) is 0 Å². The molecule has 0 saturated carbocycles. The van der Waals surface area contributed by atoms with E-state index in [1.54, 1.807) is 36.4 Å². The van der Waals surface area contributed by atoms with Gasteiger partial charge in [-0.3, -0.25) is 0 Å². The van der Waals surface area contributed by atoms with Gasteiger partial charge in [-0.2, -0.15) is 0 Å². The Labute approximate surface area is 98.2 Å². The summed E-state index contributed by atoms with van der Waals surface area (Å²) in [5, 5.41) is 0. The van der Waals surface area contributed by atoms with Gasteiger partial charge in [0.25, 0.3) is 0 Å². The highest BCUT2D eigenvalue weighted by Gasteiger charge is 1.98. The fraction of sp³-hybridized carbons (Fsp3) is 0.